The number of primary sulfonamides is 1. The molecular formula is C6H13IN2O2S. The summed E-state index contributed by atoms with van der Waals surface area (Å²) in [5.41, 5.74) is 0. The van der Waals surface area contributed by atoms with Gasteiger partial charge in [-0.05, 0) is 18.8 Å². The smallest absolute Gasteiger partial charge is 0.209 e. The second kappa shape index (κ2) is 4.21. The molecule has 1 aliphatic heterocycles. The minimum atomic E-state index is -3.28. The molecule has 6 heteroatoms. The van der Waals surface area contributed by atoms with Crippen molar-refractivity contribution in [3.8, 4) is 0 Å². The number of halogens is 1. The number of nitrogens with zero attached hydrogens (tertiary/aromatic N) is 1. The van der Waals surface area contributed by atoms with E-state index in [1.807, 2.05) is 0 Å². The first-order valence-corrected chi connectivity index (χ1v) is 6.56. The van der Waals surface area contributed by atoms with Crippen LogP contribution in [0.4, 0.5) is 0 Å². The first-order valence-electron chi connectivity index (χ1n) is 3.88. The number of nitrogens with two attached hydrogens (primary N) is 1. The molecule has 72 valence electrons. The van der Waals surface area contributed by atoms with Gasteiger partial charge in [-0.15, -0.1) is 0 Å². The third-order valence-corrected chi connectivity index (χ3v) is 3.75. The molecule has 1 fully saturated rings. The van der Waals surface area contributed by atoms with Gasteiger partial charge in [0.15, 0.2) is 0 Å². The molecule has 0 saturated carbocycles. The normalized spacial score (nSPS) is 27.3. The monoisotopic (exact) mass is 304 g/mol. The third-order valence-electron chi connectivity index (χ3n) is 1.94. The topological polar surface area (TPSA) is 63.4 Å². The second-order valence-corrected chi connectivity index (χ2v) is 6.23. The van der Waals surface area contributed by atoms with Crippen molar-refractivity contribution in [1.82, 2.24) is 3.11 Å². The maximum atomic E-state index is 10.8. The van der Waals surface area contributed by atoms with Crippen LogP contribution in [0.5, 0.6) is 0 Å². The number of piperidine rings is 1. The van der Waals surface area contributed by atoms with Crippen LogP contribution in [-0.2, 0) is 10.0 Å². The minimum absolute atomic E-state index is 0.131. The highest BCUT2D eigenvalue weighted by atomic mass is 127. The van der Waals surface area contributed by atoms with Crippen molar-refractivity contribution in [2.45, 2.75) is 12.8 Å². The third kappa shape index (κ3) is 4.01. The van der Waals surface area contributed by atoms with Crippen LogP contribution in [0, 0.1) is 5.92 Å². The molecule has 0 aliphatic carbocycles. The highest BCUT2D eigenvalue weighted by Gasteiger charge is 2.21. The Labute approximate surface area is 87.0 Å². The van der Waals surface area contributed by atoms with Crippen LogP contribution in [0.25, 0.3) is 0 Å². The van der Waals surface area contributed by atoms with Crippen LogP contribution in [0.3, 0.4) is 0 Å². The molecular weight excluding hydrogens is 291 g/mol. The lowest BCUT2D eigenvalue weighted by Gasteiger charge is -2.27. The average Bonchev–Trinajstić information content (AvgIpc) is 1.82. The van der Waals surface area contributed by atoms with E-state index in [0.29, 0.717) is 0 Å². The van der Waals surface area contributed by atoms with Gasteiger partial charge in [0.2, 0.25) is 10.0 Å². The minimum Gasteiger partial charge on any atom is -0.247 e. The van der Waals surface area contributed by atoms with Gasteiger partial charge in [0.25, 0.3) is 0 Å². The summed E-state index contributed by atoms with van der Waals surface area (Å²) in [5.74, 6) is 0.359. The summed E-state index contributed by atoms with van der Waals surface area (Å²) in [4.78, 5) is 0. The van der Waals surface area contributed by atoms with Crippen molar-refractivity contribution >= 4 is 32.9 Å². The molecule has 1 unspecified atom stereocenters. The average molecular weight is 304 g/mol. The Morgan fingerprint density at radius 1 is 1.58 bits per heavy atom. The molecule has 1 saturated heterocycles. The molecule has 4 nitrogen and oxygen atoms in total. The van der Waals surface area contributed by atoms with Gasteiger partial charge in [-0.1, -0.05) is 0 Å². The predicted octanol–water partition coefficient (Wildman–Crippen LogP) is 0.337. The van der Waals surface area contributed by atoms with E-state index in [2.05, 4.69) is 26.0 Å². The zero-order valence-electron chi connectivity index (χ0n) is 6.74. The Kier molecular flexibility index (Phi) is 3.74. The van der Waals surface area contributed by atoms with Crippen LogP contribution in [0.1, 0.15) is 12.8 Å². The van der Waals surface area contributed by atoms with Crippen molar-refractivity contribution in [1.29, 1.82) is 0 Å². The zero-order chi connectivity index (χ0) is 9.19. The molecule has 2 N–H and O–H groups in total. The van der Waals surface area contributed by atoms with Crippen molar-refractivity contribution in [3.63, 3.8) is 0 Å². The van der Waals surface area contributed by atoms with E-state index in [0.717, 1.165) is 25.9 Å². The Bertz CT molecular complexity index is 242. The van der Waals surface area contributed by atoms with Gasteiger partial charge in [0.1, 0.15) is 0 Å². The summed E-state index contributed by atoms with van der Waals surface area (Å²) >= 11 is 2.22. The van der Waals surface area contributed by atoms with Crippen LogP contribution >= 0.6 is 22.9 Å². The molecule has 0 amide bonds. The highest BCUT2D eigenvalue weighted by molar-refractivity contribution is 14.1. The Hall–Kier alpha value is 0.600. The van der Waals surface area contributed by atoms with Crippen LogP contribution in [0.15, 0.2) is 0 Å². The van der Waals surface area contributed by atoms with E-state index in [4.69, 9.17) is 5.14 Å². The maximum absolute atomic E-state index is 10.8. The Morgan fingerprint density at radius 2 is 2.25 bits per heavy atom. The van der Waals surface area contributed by atoms with E-state index in [9.17, 15) is 8.42 Å². The quantitative estimate of drug-likeness (QED) is 0.591. The fourth-order valence-electron chi connectivity index (χ4n) is 1.48. The molecule has 12 heavy (non-hydrogen) atoms. The van der Waals surface area contributed by atoms with Crippen molar-refractivity contribution in [3.05, 3.63) is 0 Å². The van der Waals surface area contributed by atoms with Gasteiger partial charge in [-0.25, -0.2) is 16.7 Å². The number of rotatable bonds is 2. The summed E-state index contributed by atoms with van der Waals surface area (Å²) in [6.07, 6.45) is 2.05. The molecule has 0 radical (unpaired) electrons. The summed E-state index contributed by atoms with van der Waals surface area (Å²) in [7, 11) is -3.28. The van der Waals surface area contributed by atoms with Gasteiger partial charge in [-0.3, -0.25) is 0 Å². The van der Waals surface area contributed by atoms with Crippen molar-refractivity contribution < 1.29 is 8.42 Å². The van der Waals surface area contributed by atoms with Gasteiger partial charge in [-0.2, -0.15) is 0 Å². The van der Waals surface area contributed by atoms with Crippen LogP contribution in [-0.4, -0.2) is 30.4 Å². The largest absolute Gasteiger partial charge is 0.247 e. The van der Waals surface area contributed by atoms with E-state index in [1.54, 1.807) is 0 Å². The van der Waals surface area contributed by atoms with Gasteiger partial charge in [0, 0.05) is 36.0 Å². The molecule has 0 spiro atoms. The molecule has 0 bridgehead atoms. The highest BCUT2D eigenvalue weighted by Crippen LogP contribution is 2.19. The molecule has 1 rings (SSSR count). The lowest BCUT2D eigenvalue weighted by Crippen LogP contribution is -2.34. The summed E-state index contributed by atoms with van der Waals surface area (Å²) in [5, 5.41) is 4.96. The number of sulfonamides is 1. The lowest BCUT2D eigenvalue weighted by atomic mass is 10.0. The first-order chi connectivity index (χ1) is 5.47. The van der Waals surface area contributed by atoms with Gasteiger partial charge in [0.05, 0.1) is 5.75 Å². The SMILES string of the molecule is NS(=O)(=O)CC1CCCN(I)C1. The summed E-state index contributed by atoms with van der Waals surface area (Å²) in [6.45, 7) is 1.90. The number of hydrogen-bond acceptors (Lipinski definition) is 3. The van der Waals surface area contributed by atoms with Crippen LogP contribution in [0.2, 0.25) is 0 Å². The molecule has 0 aromatic rings. The number of hydrogen-bond donors (Lipinski definition) is 1. The Balaban J connectivity index is 2.43. The second-order valence-electron chi connectivity index (χ2n) is 3.21. The standard InChI is InChI=1S/C6H13IN2O2S/c7-9-3-1-2-6(4-9)5-12(8,10)11/h6H,1-5H2,(H2,8,10,11). The zero-order valence-corrected chi connectivity index (χ0v) is 9.71. The van der Waals surface area contributed by atoms with E-state index < -0.39 is 10.0 Å². The fourth-order valence-corrected chi connectivity index (χ4v) is 3.31. The summed E-state index contributed by atoms with van der Waals surface area (Å²) < 4.78 is 23.6. The summed E-state index contributed by atoms with van der Waals surface area (Å²) in [6, 6.07) is 0. The molecule has 1 aliphatic rings. The Morgan fingerprint density at radius 3 is 2.75 bits per heavy atom. The lowest BCUT2D eigenvalue weighted by molar-refractivity contribution is 0.323. The molecule has 0 aromatic carbocycles. The maximum Gasteiger partial charge on any atom is 0.209 e. The van der Waals surface area contributed by atoms with E-state index >= 15 is 0 Å². The van der Waals surface area contributed by atoms with E-state index in [1.165, 1.54) is 0 Å². The molecule has 1 atom stereocenters. The molecule has 0 aromatic heterocycles. The fraction of sp³-hybridized carbons (Fsp3) is 1.00. The molecule has 1 heterocycles. The first kappa shape index (κ1) is 10.7. The van der Waals surface area contributed by atoms with Crippen LogP contribution < -0.4 is 5.14 Å². The van der Waals surface area contributed by atoms with E-state index in [-0.39, 0.29) is 11.7 Å². The van der Waals surface area contributed by atoms with Gasteiger partial charge < -0.3 is 0 Å². The van der Waals surface area contributed by atoms with Crippen molar-refractivity contribution in [2.75, 3.05) is 18.8 Å². The van der Waals surface area contributed by atoms with Gasteiger partial charge >= 0.3 is 0 Å². The predicted molar refractivity (Wildman–Crippen MR) is 56.3 cm³/mol. The van der Waals surface area contributed by atoms with Crippen molar-refractivity contribution in [2.24, 2.45) is 11.1 Å².